The van der Waals surface area contributed by atoms with Crippen LogP contribution < -0.4 is 5.73 Å². The number of carbonyl (C=O) groups excluding carboxylic acids is 1. The van der Waals surface area contributed by atoms with E-state index in [-0.39, 0.29) is 18.3 Å². The number of benzene rings is 1. The van der Waals surface area contributed by atoms with Crippen LogP contribution >= 0.6 is 12.4 Å². The lowest BCUT2D eigenvalue weighted by molar-refractivity contribution is 0.0941. The van der Waals surface area contributed by atoms with Crippen molar-refractivity contribution < 1.29 is 9.18 Å². The molecule has 0 aliphatic carbocycles. The van der Waals surface area contributed by atoms with Gasteiger partial charge >= 0.3 is 0 Å². The van der Waals surface area contributed by atoms with Crippen molar-refractivity contribution in [2.75, 3.05) is 6.67 Å². The maximum atomic E-state index is 12.6. The van der Waals surface area contributed by atoms with Crippen LogP contribution in [0.15, 0.2) is 30.5 Å². The van der Waals surface area contributed by atoms with Gasteiger partial charge in [-0.25, -0.2) is 4.39 Å². The van der Waals surface area contributed by atoms with Crippen LogP contribution in [0.2, 0.25) is 0 Å². The van der Waals surface area contributed by atoms with Crippen LogP contribution in [0.4, 0.5) is 4.39 Å². The highest BCUT2D eigenvalue weighted by Crippen LogP contribution is 2.25. The SMILES string of the molecule is CC(=O)n1cc([C@H](N)CF)c2ccccc21.Cl. The van der Waals surface area contributed by atoms with Gasteiger partial charge in [0.25, 0.3) is 0 Å². The Morgan fingerprint density at radius 2 is 2.12 bits per heavy atom. The van der Waals surface area contributed by atoms with Crippen molar-refractivity contribution in [2.45, 2.75) is 13.0 Å². The minimum Gasteiger partial charge on any atom is -0.322 e. The number of nitrogens with zero attached hydrogens (tertiary/aromatic N) is 1. The number of rotatable bonds is 2. The molecule has 0 radical (unpaired) electrons. The zero-order valence-electron chi connectivity index (χ0n) is 9.39. The lowest BCUT2D eigenvalue weighted by Crippen LogP contribution is -2.12. The van der Waals surface area contributed by atoms with E-state index in [0.29, 0.717) is 5.56 Å². The number of halogens is 2. The highest BCUT2D eigenvalue weighted by atomic mass is 35.5. The topological polar surface area (TPSA) is 48.0 Å². The Hall–Kier alpha value is -1.39. The number of hydrogen-bond donors (Lipinski definition) is 1. The number of alkyl halides is 1. The Morgan fingerprint density at radius 1 is 1.47 bits per heavy atom. The molecule has 2 aromatic rings. The summed E-state index contributed by atoms with van der Waals surface area (Å²) in [6.07, 6.45) is 1.62. The van der Waals surface area contributed by atoms with Gasteiger partial charge in [-0.3, -0.25) is 9.36 Å². The molecule has 17 heavy (non-hydrogen) atoms. The molecule has 1 atom stereocenters. The number of carbonyl (C=O) groups is 1. The molecular weight excluding hydrogens is 243 g/mol. The van der Waals surface area contributed by atoms with E-state index in [4.69, 9.17) is 5.73 Å². The van der Waals surface area contributed by atoms with E-state index in [2.05, 4.69) is 0 Å². The fraction of sp³-hybridized carbons (Fsp3) is 0.250. The summed E-state index contributed by atoms with van der Waals surface area (Å²) in [5, 5.41) is 0.836. The highest BCUT2D eigenvalue weighted by molar-refractivity contribution is 5.93. The lowest BCUT2D eigenvalue weighted by Gasteiger charge is -2.03. The second-order valence-corrected chi connectivity index (χ2v) is 3.75. The highest BCUT2D eigenvalue weighted by Gasteiger charge is 2.15. The van der Waals surface area contributed by atoms with E-state index >= 15 is 0 Å². The number of nitrogens with two attached hydrogens (primary N) is 1. The summed E-state index contributed by atoms with van der Waals surface area (Å²) >= 11 is 0. The first-order valence-corrected chi connectivity index (χ1v) is 5.07. The van der Waals surface area contributed by atoms with Crippen molar-refractivity contribution >= 4 is 29.2 Å². The van der Waals surface area contributed by atoms with Crippen LogP contribution in [0, 0.1) is 0 Å². The summed E-state index contributed by atoms with van der Waals surface area (Å²) in [5.41, 5.74) is 7.12. The lowest BCUT2D eigenvalue weighted by atomic mass is 10.1. The van der Waals surface area contributed by atoms with Crippen molar-refractivity contribution in [2.24, 2.45) is 5.73 Å². The van der Waals surface area contributed by atoms with E-state index in [0.717, 1.165) is 10.9 Å². The number of fused-ring (bicyclic) bond motifs is 1. The molecule has 1 heterocycles. The van der Waals surface area contributed by atoms with Crippen LogP contribution in [-0.2, 0) is 0 Å². The minimum absolute atomic E-state index is 0. The third-order valence-electron chi connectivity index (χ3n) is 2.65. The predicted octanol–water partition coefficient (Wildman–Crippen LogP) is 2.69. The van der Waals surface area contributed by atoms with Crippen LogP contribution in [0.25, 0.3) is 10.9 Å². The van der Waals surface area contributed by atoms with Gasteiger partial charge in [0.2, 0.25) is 5.91 Å². The molecule has 0 unspecified atom stereocenters. The second kappa shape index (κ2) is 5.29. The van der Waals surface area contributed by atoms with E-state index in [1.165, 1.54) is 11.5 Å². The molecule has 0 saturated carbocycles. The van der Waals surface area contributed by atoms with E-state index in [1.54, 1.807) is 6.20 Å². The standard InChI is InChI=1S/C12H13FN2O.ClH/c1-8(16)15-7-10(11(14)6-13)9-4-2-3-5-12(9)15;/h2-5,7,11H,6,14H2,1H3;1H/t11-;/m1./s1. The monoisotopic (exact) mass is 256 g/mol. The maximum absolute atomic E-state index is 12.6. The molecule has 0 spiro atoms. The average Bonchev–Trinajstić information content (AvgIpc) is 2.67. The first-order valence-electron chi connectivity index (χ1n) is 5.07. The van der Waals surface area contributed by atoms with Gasteiger partial charge in [0.1, 0.15) is 6.67 Å². The second-order valence-electron chi connectivity index (χ2n) is 3.75. The first-order chi connectivity index (χ1) is 7.65. The van der Waals surface area contributed by atoms with Crippen molar-refractivity contribution in [3.05, 3.63) is 36.0 Å². The van der Waals surface area contributed by atoms with Gasteiger partial charge in [-0.05, 0) is 11.6 Å². The van der Waals surface area contributed by atoms with Gasteiger partial charge in [0.05, 0.1) is 11.6 Å². The number of para-hydroxylation sites is 1. The van der Waals surface area contributed by atoms with Crippen LogP contribution in [0.5, 0.6) is 0 Å². The summed E-state index contributed by atoms with van der Waals surface area (Å²) in [5.74, 6) is -0.103. The summed E-state index contributed by atoms with van der Waals surface area (Å²) in [6, 6.07) is 6.68. The van der Waals surface area contributed by atoms with Gasteiger partial charge in [0.15, 0.2) is 0 Å². The van der Waals surface area contributed by atoms with E-state index in [1.807, 2.05) is 24.3 Å². The van der Waals surface area contributed by atoms with Crippen molar-refractivity contribution in [3.8, 4) is 0 Å². The van der Waals surface area contributed by atoms with Crippen molar-refractivity contribution in [1.29, 1.82) is 0 Å². The summed E-state index contributed by atoms with van der Waals surface area (Å²) < 4.78 is 14.1. The summed E-state index contributed by atoms with van der Waals surface area (Å²) in [7, 11) is 0. The van der Waals surface area contributed by atoms with Crippen LogP contribution in [-0.4, -0.2) is 17.1 Å². The Balaban J connectivity index is 0.00000144. The molecular formula is C12H14ClFN2O. The van der Waals surface area contributed by atoms with E-state index in [9.17, 15) is 9.18 Å². The Bertz CT molecular complexity index is 538. The van der Waals surface area contributed by atoms with Gasteiger partial charge < -0.3 is 5.73 Å². The average molecular weight is 257 g/mol. The molecule has 0 aliphatic rings. The largest absolute Gasteiger partial charge is 0.322 e. The molecule has 2 rings (SSSR count). The normalized spacial score (nSPS) is 12.2. The molecule has 0 aliphatic heterocycles. The zero-order valence-corrected chi connectivity index (χ0v) is 10.2. The zero-order chi connectivity index (χ0) is 11.7. The van der Waals surface area contributed by atoms with Crippen molar-refractivity contribution in [1.82, 2.24) is 4.57 Å². The molecule has 5 heteroatoms. The van der Waals surface area contributed by atoms with Gasteiger partial charge in [-0.15, -0.1) is 12.4 Å². The fourth-order valence-corrected chi connectivity index (χ4v) is 1.85. The van der Waals surface area contributed by atoms with E-state index < -0.39 is 12.7 Å². The Morgan fingerprint density at radius 3 is 2.71 bits per heavy atom. The molecule has 92 valence electrons. The minimum atomic E-state index is -0.675. The van der Waals surface area contributed by atoms with Gasteiger partial charge in [-0.2, -0.15) is 0 Å². The molecule has 2 N–H and O–H groups in total. The molecule has 0 amide bonds. The maximum Gasteiger partial charge on any atom is 0.227 e. The third kappa shape index (κ3) is 2.33. The molecule has 0 saturated heterocycles. The summed E-state index contributed by atoms with van der Waals surface area (Å²) in [4.78, 5) is 11.4. The molecule has 0 fully saturated rings. The number of hydrogen-bond acceptors (Lipinski definition) is 2. The molecule has 1 aromatic heterocycles. The van der Waals surface area contributed by atoms with Crippen LogP contribution in [0.3, 0.4) is 0 Å². The molecule has 1 aromatic carbocycles. The summed E-state index contributed by atoms with van der Waals surface area (Å²) in [6.45, 7) is 0.836. The molecule has 0 bridgehead atoms. The van der Waals surface area contributed by atoms with Gasteiger partial charge in [-0.1, -0.05) is 18.2 Å². The quantitative estimate of drug-likeness (QED) is 0.898. The number of aromatic nitrogens is 1. The van der Waals surface area contributed by atoms with Crippen molar-refractivity contribution in [3.63, 3.8) is 0 Å². The Kier molecular flexibility index (Phi) is 4.26. The van der Waals surface area contributed by atoms with Crippen LogP contribution in [0.1, 0.15) is 23.3 Å². The fourth-order valence-electron chi connectivity index (χ4n) is 1.85. The Labute approximate surface area is 105 Å². The van der Waals surface area contributed by atoms with Gasteiger partial charge in [0, 0.05) is 18.5 Å². The molecule has 3 nitrogen and oxygen atoms in total. The smallest absolute Gasteiger partial charge is 0.227 e. The first kappa shape index (κ1) is 13.7. The predicted molar refractivity (Wildman–Crippen MR) is 68.4 cm³/mol. The third-order valence-corrected chi connectivity index (χ3v) is 2.65.